The van der Waals surface area contributed by atoms with Gasteiger partial charge in [0.25, 0.3) is 0 Å². The van der Waals surface area contributed by atoms with Crippen LogP contribution in [0.4, 0.5) is 0 Å². The first-order valence-electron chi connectivity index (χ1n) is 3.53. The van der Waals surface area contributed by atoms with Crippen molar-refractivity contribution in [2.24, 2.45) is 5.92 Å². The minimum absolute atomic E-state index is 0.391. The van der Waals surface area contributed by atoms with Gasteiger partial charge in [-0.3, -0.25) is 0 Å². The molecule has 0 bridgehead atoms. The van der Waals surface area contributed by atoms with E-state index < -0.39 is 6.10 Å². The first-order valence-corrected chi connectivity index (χ1v) is 3.53. The third kappa shape index (κ3) is 1.52. The Bertz CT molecular complexity index is 97.1. The SMILES string of the molecule is N=CC(O)C1CCCC1. The zero-order valence-electron chi connectivity index (χ0n) is 5.51. The lowest BCUT2D eigenvalue weighted by molar-refractivity contribution is 0.177. The molecule has 9 heavy (non-hydrogen) atoms. The van der Waals surface area contributed by atoms with Crippen molar-refractivity contribution in [2.75, 3.05) is 0 Å². The van der Waals surface area contributed by atoms with Crippen molar-refractivity contribution >= 4 is 6.21 Å². The van der Waals surface area contributed by atoms with Crippen LogP contribution in [0, 0.1) is 11.3 Å². The van der Waals surface area contributed by atoms with Crippen molar-refractivity contribution in [1.82, 2.24) is 0 Å². The summed E-state index contributed by atoms with van der Waals surface area (Å²) in [5.74, 6) is 0.391. The Morgan fingerprint density at radius 2 is 2.00 bits per heavy atom. The number of hydrogen-bond acceptors (Lipinski definition) is 2. The average Bonchev–Trinajstić information content (AvgIpc) is 2.37. The Morgan fingerprint density at radius 1 is 1.44 bits per heavy atom. The van der Waals surface area contributed by atoms with Crippen LogP contribution in [0.25, 0.3) is 0 Å². The molecule has 2 N–H and O–H groups in total. The van der Waals surface area contributed by atoms with E-state index >= 15 is 0 Å². The summed E-state index contributed by atoms with van der Waals surface area (Å²) in [6.07, 6.45) is 5.36. The number of aliphatic hydroxyl groups is 1. The van der Waals surface area contributed by atoms with Crippen molar-refractivity contribution in [3.8, 4) is 0 Å². The van der Waals surface area contributed by atoms with Gasteiger partial charge < -0.3 is 10.5 Å². The number of aliphatic hydroxyl groups excluding tert-OH is 1. The Labute approximate surface area is 55.4 Å². The monoisotopic (exact) mass is 127 g/mol. The topological polar surface area (TPSA) is 44.1 Å². The van der Waals surface area contributed by atoms with Crippen LogP contribution in [0.15, 0.2) is 0 Å². The molecule has 2 nitrogen and oxygen atoms in total. The van der Waals surface area contributed by atoms with E-state index in [-0.39, 0.29) is 0 Å². The third-order valence-electron chi connectivity index (χ3n) is 2.05. The van der Waals surface area contributed by atoms with Crippen LogP contribution < -0.4 is 0 Å². The van der Waals surface area contributed by atoms with Gasteiger partial charge in [0.2, 0.25) is 0 Å². The van der Waals surface area contributed by atoms with E-state index in [1.807, 2.05) is 0 Å². The van der Waals surface area contributed by atoms with Gasteiger partial charge in [0, 0.05) is 6.21 Å². The molecule has 0 heterocycles. The molecule has 0 aromatic carbocycles. The fourth-order valence-corrected chi connectivity index (χ4v) is 1.43. The highest BCUT2D eigenvalue weighted by molar-refractivity contribution is 5.59. The largest absolute Gasteiger partial charge is 0.387 e. The van der Waals surface area contributed by atoms with Gasteiger partial charge in [0.1, 0.15) is 0 Å². The Hall–Kier alpha value is -0.370. The highest BCUT2D eigenvalue weighted by atomic mass is 16.3. The summed E-state index contributed by atoms with van der Waals surface area (Å²) in [5.41, 5.74) is 0. The van der Waals surface area contributed by atoms with Gasteiger partial charge in [-0.2, -0.15) is 0 Å². The maximum atomic E-state index is 9.11. The van der Waals surface area contributed by atoms with E-state index in [0.29, 0.717) is 5.92 Å². The molecule has 1 aliphatic carbocycles. The van der Waals surface area contributed by atoms with Gasteiger partial charge in [-0.15, -0.1) is 0 Å². The molecule has 1 aliphatic rings. The van der Waals surface area contributed by atoms with E-state index in [0.717, 1.165) is 19.1 Å². The molecule has 1 saturated carbocycles. The maximum Gasteiger partial charge on any atom is 0.0912 e. The van der Waals surface area contributed by atoms with Crippen LogP contribution in [0.3, 0.4) is 0 Å². The Balaban J connectivity index is 2.32. The molecule has 1 fully saturated rings. The number of nitrogens with one attached hydrogen (secondary N) is 1. The Morgan fingerprint density at radius 3 is 2.44 bits per heavy atom. The summed E-state index contributed by atoms with van der Waals surface area (Å²) in [5, 5.41) is 15.9. The molecule has 0 aliphatic heterocycles. The quantitative estimate of drug-likeness (QED) is 0.537. The molecule has 0 radical (unpaired) electrons. The van der Waals surface area contributed by atoms with Crippen LogP contribution in [0.5, 0.6) is 0 Å². The lowest BCUT2D eigenvalue weighted by Gasteiger charge is -2.10. The summed E-state index contributed by atoms with van der Waals surface area (Å²) in [6, 6.07) is 0. The van der Waals surface area contributed by atoms with Gasteiger partial charge >= 0.3 is 0 Å². The summed E-state index contributed by atoms with van der Waals surface area (Å²) >= 11 is 0. The lowest BCUT2D eigenvalue weighted by atomic mass is 10.0. The second-order valence-electron chi connectivity index (χ2n) is 2.70. The highest BCUT2D eigenvalue weighted by Crippen LogP contribution is 2.26. The molecular weight excluding hydrogens is 114 g/mol. The van der Waals surface area contributed by atoms with Crippen LogP contribution in [-0.2, 0) is 0 Å². The molecule has 52 valence electrons. The Kier molecular flexibility index (Phi) is 2.22. The summed E-state index contributed by atoms with van der Waals surface area (Å²) in [4.78, 5) is 0. The predicted molar refractivity (Wildman–Crippen MR) is 36.7 cm³/mol. The van der Waals surface area contributed by atoms with Crippen LogP contribution >= 0.6 is 0 Å². The molecule has 0 spiro atoms. The first kappa shape index (κ1) is 6.75. The zero-order valence-corrected chi connectivity index (χ0v) is 5.51. The second kappa shape index (κ2) is 2.97. The molecule has 0 aromatic rings. The number of hydrogen-bond donors (Lipinski definition) is 2. The molecule has 0 saturated heterocycles. The van der Waals surface area contributed by atoms with Crippen molar-refractivity contribution < 1.29 is 5.11 Å². The van der Waals surface area contributed by atoms with Crippen LogP contribution in [-0.4, -0.2) is 17.4 Å². The molecule has 1 rings (SSSR count). The van der Waals surface area contributed by atoms with E-state index in [4.69, 9.17) is 10.5 Å². The normalized spacial score (nSPS) is 24.1. The van der Waals surface area contributed by atoms with Gasteiger partial charge in [-0.25, -0.2) is 0 Å². The molecule has 0 amide bonds. The summed E-state index contributed by atoms with van der Waals surface area (Å²) in [7, 11) is 0. The standard InChI is InChI=1S/C7H13NO/c8-5-7(9)6-3-1-2-4-6/h5-9H,1-4H2. The first-order chi connectivity index (χ1) is 4.34. The third-order valence-corrected chi connectivity index (χ3v) is 2.05. The molecule has 2 heteroatoms. The number of rotatable bonds is 2. The van der Waals surface area contributed by atoms with E-state index in [1.54, 1.807) is 0 Å². The van der Waals surface area contributed by atoms with Crippen LogP contribution in [0.2, 0.25) is 0 Å². The lowest BCUT2D eigenvalue weighted by Crippen LogP contribution is -2.17. The highest BCUT2D eigenvalue weighted by Gasteiger charge is 2.20. The van der Waals surface area contributed by atoms with Gasteiger partial charge in [-0.05, 0) is 18.8 Å². The zero-order chi connectivity index (χ0) is 6.69. The van der Waals surface area contributed by atoms with Crippen molar-refractivity contribution in [2.45, 2.75) is 31.8 Å². The average molecular weight is 127 g/mol. The molecule has 1 atom stereocenters. The minimum atomic E-state index is -0.465. The predicted octanol–water partition coefficient (Wildman–Crippen LogP) is 1.19. The molecular formula is C7H13NO. The summed E-state index contributed by atoms with van der Waals surface area (Å²) in [6.45, 7) is 0. The van der Waals surface area contributed by atoms with E-state index in [2.05, 4.69) is 0 Å². The van der Waals surface area contributed by atoms with E-state index in [1.165, 1.54) is 12.8 Å². The summed E-state index contributed by atoms with van der Waals surface area (Å²) < 4.78 is 0. The minimum Gasteiger partial charge on any atom is -0.387 e. The van der Waals surface area contributed by atoms with Gasteiger partial charge in [-0.1, -0.05) is 12.8 Å². The fraction of sp³-hybridized carbons (Fsp3) is 0.857. The van der Waals surface area contributed by atoms with Gasteiger partial charge in [0.15, 0.2) is 0 Å². The van der Waals surface area contributed by atoms with E-state index in [9.17, 15) is 0 Å². The van der Waals surface area contributed by atoms with Gasteiger partial charge in [0.05, 0.1) is 6.10 Å². The van der Waals surface area contributed by atoms with Crippen molar-refractivity contribution in [3.63, 3.8) is 0 Å². The fourth-order valence-electron chi connectivity index (χ4n) is 1.43. The maximum absolute atomic E-state index is 9.11. The second-order valence-corrected chi connectivity index (χ2v) is 2.70. The molecule has 0 aromatic heterocycles. The molecule has 1 unspecified atom stereocenters. The van der Waals surface area contributed by atoms with Crippen LogP contribution in [0.1, 0.15) is 25.7 Å². The van der Waals surface area contributed by atoms with Crippen molar-refractivity contribution in [1.29, 1.82) is 5.41 Å². The smallest absolute Gasteiger partial charge is 0.0912 e. The van der Waals surface area contributed by atoms with Crippen molar-refractivity contribution in [3.05, 3.63) is 0 Å².